The molecule has 0 aliphatic rings. The predicted octanol–water partition coefficient (Wildman–Crippen LogP) is 5.98. The number of nitrogens with one attached hydrogen (secondary N) is 2. The van der Waals surface area contributed by atoms with Gasteiger partial charge in [0.25, 0.3) is 0 Å². The maximum Gasteiger partial charge on any atom is 0.417 e. The van der Waals surface area contributed by atoms with E-state index in [1.54, 1.807) is 36.4 Å². The van der Waals surface area contributed by atoms with Crippen molar-refractivity contribution in [3.8, 4) is 5.75 Å². The molecule has 2 N–H and O–H groups in total. The van der Waals surface area contributed by atoms with Crippen molar-refractivity contribution in [2.24, 2.45) is 0 Å². The summed E-state index contributed by atoms with van der Waals surface area (Å²) in [6.45, 7) is 3.69. The molecule has 3 rings (SSSR count). The van der Waals surface area contributed by atoms with Crippen LogP contribution in [-0.4, -0.2) is 12.0 Å². The van der Waals surface area contributed by atoms with Crippen LogP contribution in [0, 0.1) is 0 Å². The van der Waals surface area contributed by atoms with Gasteiger partial charge in [-0.05, 0) is 67.9 Å². The molecule has 0 bridgehead atoms. The van der Waals surface area contributed by atoms with Crippen molar-refractivity contribution in [2.45, 2.75) is 19.3 Å². The van der Waals surface area contributed by atoms with Crippen LogP contribution in [-0.2, 0) is 10.2 Å². The van der Waals surface area contributed by atoms with Crippen LogP contribution in [0.3, 0.4) is 0 Å². The molecule has 5 nitrogen and oxygen atoms in total. The number of rotatable bonds is 5. The number of benzene rings is 3. The third-order valence-electron chi connectivity index (χ3n) is 4.48. The Bertz CT molecular complexity index is 985. The van der Waals surface area contributed by atoms with E-state index < -0.39 is 11.5 Å². The normalized spacial score (nSPS) is 10.9. The second-order valence-corrected chi connectivity index (χ2v) is 7.91. The quantitative estimate of drug-likeness (QED) is 0.500. The van der Waals surface area contributed by atoms with Crippen molar-refractivity contribution < 1.29 is 14.3 Å². The largest absolute Gasteiger partial charge is 0.417 e. The van der Waals surface area contributed by atoms with E-state index in [0.717, 1.165) is 15.7 Å². The molecule has 0 aliphatic carbocycles. The van der Waals surface area contributed by atoms with E-state index in [2.05, 4.69) is 26.6 Å². The van der Waals surface area contributed by atoms with E-state index in [-0.39, 0.29) is 5.91 Å². The van der Waals surface area contributed by atoms with Crippen molar-refractivity contribution in [3.63, 3.8) is 0 Å². The van der Waals surface area contributed by atoms with Crippen LogP contribution in [0.2, 0.25) is 0 Å². The highest BCUT2D eigenvalue weighted by molar-refractivity contribution is 9.10. The molecule has 6 heteroatoms. The Morgan fingerprint density at radius 3 is 2.00 bits per heavy atom. The van der Waals surface area contributed by atoms with Crippen LogP contribution in [0.5, 0.6) is 5.75 Å². The van der Waals surface area contributed by atoms with Gasteiger partial charge in [-0.3, -0.25) is 10.1 Å². The minimum absolute atomic E-state index is 0.129. The molecule has 0 fully saturated rings. The molecule has 0 saturated heterocycles. The highest BCUT2D eigenvalue weighted by Crippen LogP contribution is 2.27. The van der Waals surface area contributed by atoms with E-state index in [0.29, 0.717) is 11.4 Å². The fourth-order valence-corrected chi connectivity index (χ4v) is 2.93. The average molecular weight is 453 g/mol. The number of ether oxygens (including phenoxy) is 1. The Kier molecular flexibility index (Phi) is 6.34. The Labute approximate surface area is 178 Å². The smallest absolute Gasteiger partial charge is 0.410 e. The van der Waals surface area contributed by atoms with E-state index in [1.165, 1.54) is 0 Å². The summed E-state index contributed by atoms with van der Waals surface area (Å²) in [5.41, 5.74) is 1.42. The Hall–Kier alpha value is -3.12. The lowest BCUT2D eigenvalue weighted by Crippen LogP contribution is -2.34. The number of para-hydroxylation sites is 1. The molecule has 0 heterocycles. The molecular formula is C23H21BrN2O3. The van der Waals surface area contributed by atoms with Gasteiger partial charge in [0, 0.05) is 15.8 Å². The second-order valence-electron chi connectivity index (χ2n) is 6.99. The molecular weight excluding hydrogens is 432 g/mol. The Morgan fingerprint density at radius 1 is 0.793 bits per heavy atom. The maximum atomic E-state index is 12.8. The zero-order valence-electron chi connectivity index (χ0n) is 16.1. The van der Waals surface area contributed by atoms with E-state index in [9.17, 15) is 9.59 Å². The predicted molar refractivity (Wildman–Crippen MR) is 118 cm³/mol. The number of amides is 2. The summed E-state index contributed by atoms with van der Waals surface area (Å²) < 4.78 is 6.24. The zero-order chi connectivity index (χ0) is 20.9. The molecule has 0 spiro atoms. The molecule has 29 heavy (non-hydrogen) atoms. The van der Waals surface area contributed by atoms with E-state index in [4.69, 9.17) is 4.74 Å². The van der Waals surface area contributed by atoms with Gasteiger partial charge in [-0.2, -0.15) is 0 Å². The standard InChI is InChI=1S/C23H21BrN2O3/c1-23(2,21(27)25-19-12-10-17(24)11-13-19)16-8-14-20(15-9-16)29-22(28)26-18-6-4-3-5-7-18/h3-15H,1-2H3,(H,25,27)(H,26,28). The first kappa shape index (κ1) is 20.6. The van der Waals surface area contributed by atoms with Crippen molar-refractivity contribution in [1.82, 2.24) is 0 Å². The number of carbonyl (C=O) groups excluding carboxylic acids is 2. The van der Waals surface area contributed by atoms with Gasteiger partial charge in [0.15, 0.2) is 0 Å². The van der Waals surface area contributed by atoms with Gasteiger partial charge in [0.05, 0.1) is 5.41 Å². The van der Waals surface area contributed by atoms with Gasteiger partial charge in [0.1, 0.15) is 5.75 Å². The third kappa shape index (κ3) is 5.45. The van der Waals surface area contributed by atoms with Crippen LogP contribution in [0.25, 0.3) is 0 Å². The van der Waals surface area contributed by atoms with Gasteiger partial charge < -0.3 is 10.1 Å². The molecule has 0 saturated carbocycles. The Balaban J connectivity index is 1.63. The van der Waals surface area contributed by atoms with Gasteiger partial charge >= 0.3 is 6.09 Å². The van der Waals surface area contributed by atoms with Crippen molar-refractivity contribution in [2.75, 3.05) is 10.6 Å². The number of hydrogen-bond donors (Lipinski definition) is 2. The highest BCUT2D eigenvalue weighted by Gasteiger charge is 2.30. The average Bonchev–Trinajstić information content (AvgIpc) is 2.70. The van der Waals surface area contributed by atoms with Crippen LogP contribution < -0.4 is 15.4 Å². The first-order valence-electron chi connectivity index (χ1n) is 9.06. The first-order valence-corrected chi connectivity index (χ1v) is 9.85. The van der Waals surface area contributed by atoms with E-state index in [1.807, 2.05) is 56.3 Å². The topological polar surface area (TPSA) is 67.4 Å². The SMILES string of the molecule is CC(C)(C(=O)Nc1ccc(Br)cc1)c1ccc(OC(=O)Nc2ccccc2)cc1. The molecule has 3 aromatic rings. The van der Waals surface area contributed by atoms with Gasteiger partial charge in [-0.15, -0.1) is 0 Å². The molecule has 0 atom stereocenters. The summed E-state index contributed by atoms with van der Waals surface area (Å²) in [6.07, 6.45) is -0.573. The lowest BCUT2D eigenvalue weighted by atomic mass is 9.83. The van der Waals surface area contributed by atoms with Gasteiger partial charge in [-0.1, -0.05) is 46.3 Å². The van der Waals surface area contributed by atoms with Gasteiger partial charge in [-0.25, -0.2) is 4.79 Å². The van der Waals surface area contributed by atoms with Gasteiger partial charge in [0.2, 0.25) is 5.91 Å². The summed E-state index contributed by atoms with van der Waals surface area (Å²) >= 11 is 3.38. The number of carbonyl (C=O) groups is 2. The molecule has 0 aromatic heterocycles. The van der Waals surface area contributed by atoms with Crippen LogP contribution in [0.1, 0.15) is 19.4 Å². The van der Waals surface area contributed by atoms with Crippen molar-refractivity contribution in [1.29, 1.82) is 0 Å². The summed E-state index contributed by atoms with van der Waals surface area (Å²) in [4.78, 5) is 24.8. The first-order chi connectivity index (χ1) is 13.8. The minimum atomic E-state index is -0.766. The molecule has 2 amide bonds. The molecule has 0 radical (unpaired) electrons. The molecule has 148 valence electrons. The summed E-state index contributed by atoms with van der Waals surface area (Å²) in [6, 6.07) is 23.4. The summed E-state index contributed by atoms with van der Waals surface area (Å²) in [5.74, 6) is 0.265. The number of halogens is 1. The van der Waals surface area contributed by atoms with E-state index >= 15 is 0 Å². The monoisotopic (exact) mass is 452 g/mol. The molecule has 0 unspecified atom stereocenters. The maximum absolute atomic E-state index is 12.8. The highest BCUT2D eigenvalue weighted by atomic mass is 79.9. The number of hydrogen-bond acceptors (Lipinski definition) is 3. The Morgan fingerprint density at radius 2 is 1.38 bits per heavy atom. The fourth-order valence-electron chi connectivity index (χ4n) is 2.66. The minimum Gasteiger partial charge on any atom is -0.410 e. The van der Waals surface area contributed by atoms with Crippen molar-refractivity contribution in [3.05, 3.63) is 88.9 Å². The molecule has 0 aliphatic heterocycles. The van der Waals surface area contributed by atoms with Crippen molar-refractivity contribution >= 4 is 39.3 Å². The summed E-state index contributed by atoms with van der Waals surface area (Å²) in [7, 11) is 0. The van der Waals surface area contributed by atoms with Crippen LogP contribution in [0.4, 0.5) is 16.2 Å². The fraction of sp³-hybridized carbons (Fsp3) is 0.130. The molecule has 3 aromatic carbocycles. The zero-order valence-corrected chi connectivity index (χ0v) is 17.7. The lowest BCUT2D eigenvalue weighted by Gasteiger charge is -2.24. The summed E-state index contributed by atoms with van der Waals surface area (Å²) in [5, 5.41) is 5.58. The lowest BCUT2D eigenvalue weighted by molar-refractivity contribution is -0.120. The third-order valence-corrected chi connectivity index (χ3v) is 5.01. The number of anilines is 2. The van der Waals surface area contributed by atoms with Crippen LogP contribution in [0.15, 0.2) is 83.3 Å². The second kappa shape index (κ2) is 8.92. The van der Waals surface area contributed by atoms with Crippen LogP contribution >= 0.6 is 15.9 Å².